The van der Waals surface area contributed by atoms with Gasteiger partial charge in [-0.05, 0) is 0 Å². The first-order valence-corrected chi connectivity index (χ1v) is 8.67. The monoisotopic (exact) mass is 417 g/mol. The zero-order chi connectivity index (χ0) is 21.0. The van der Waals surface area contributed by atoms with E-state index in [1.807, 2.05) is 0 Å². The molecule has 14 heteroatoms. The Balaban J connectivity index is 2.09. The van der Waals surface area contributed by atoms with Gasteiger partial charge in [-0.2, -0.15) is 5.21 Å². The number of hydrogen-bond acceptors (Lipinski definition) is 13. The Labute approximate surface area is 160 Å². The minimum Gasteiger partial charge on any atom is -0.394 e. The lowest BCUT2D eigenvalue weighted by Gasteiger charge is -2.45. The van der Waals surface area contributed by atoms with Crippen LogP contribution in [-0.4, -0.2) is 129 Å². The highest BCUT2D eigenvalue weighted by molar-refractivity contribution is 4.94. The van der Waals surface area contributed by atoms with E-state index in [0.717, 1.165) is 0 Å². The van der Waals surface area contributed by atoms with Crippen molar-refractivity contribution in [1.82, 2.24) is 5.43 Å². The Morgan fingerprint density at radius 2 is 1.39 bits per heavy atom. The maximum atomic E-state index is 10.4. The average molecular weight is 417 g/mol. The summed E-state index contributed by atoms with van der Waals surface area (Å²) in [5, 5.41) is 78.0. The summed E-state index contributed by atoms with van der Waals surface area (Å²) >= 11 is 0. The molecule has 0 bridgehead atoms. The van der Waals surface area contributed by atoms with E-state index in [1.165, 1.54) is 7.05 Å². The SMILES string of the molecule is C[NH+](O)NCOC1OC(CO)C(O)C(OC2OC(CO)C(O)C(O)C2O)C1O. The van der Waals surface area contributed by atoms with E-state index < -0.39 is 74.6 Å². The van der Waals surface area contributed by atoms with E-state index in [0.29, 0.717) is 0 Å². The van der Waals surface area contributed by atoms with Gasteiger partial charge in [0.1, 0.15) is 62.6 Å². The molecule has 0 aromatic carbocycles. The number of hydrogen-bond donors (Lipinski definition) is 10. The molecule has 11 unspecified atom stereocenters. The van der Waals surface area contributed by atoms with Gasteiger partial charge in [-0.3, -0.25) is 0 Å². The van der Waals surface area contributed by atoms with Crippen LogP contribution in [0.25, 0.3) is 0 Å². The van der Waals surface area contributed by atoms with Gasteiger partial charge < -0.3 is 54.7 Å². The molecule has 0 amide bonds. The van der Waals surface area contributed by atoms with Crippen LogP contribution in [0.5, 0.6) is 0 Å². The number of hydroxylamine groups is 1. The van der Waals surface area contributed by atoms with Crippen LogP contribution in [0.3, 0.4) is 0 Å². The summed E-state index contributed by atoms with van der Waals surface area (Å²) in [5.74, 6) is 0. The minimum atomic E-state index is -1.75. The molecule has 0 spiro atoms. The van der Waals surface area contributed by atoms with Crippen LogP contribution in [-0.2, 0) is 18.9 Å². The predicted octanol–water partition coefficient (Wildman–Crippen LogP) is -7.01. The van der Waals surface area contributed by atoms with Crippen LogP contribution in [0, 0.1) is 0 Å². The Kier molecular flexibility index (Phi) is 8.86. The van der Waals surface area contributed by atoms with Crippen molar-refractivity contribution in [2.75, 3.05) is 27.0 Å². The van der Waals surface area contributed by atoms with Crippen molar-refractivity contribution in [2.24, 2.45) is 0 Å². The fourth-order valence-electron chi connectivity index (χ4n) is 2.91. The van der Waals surface area contributed by atoms with Gasteiger partial charge in [0.2, 0.25) is 0 Å². The molecule has 2 saturated heterocycles. The Morgan fingerprint density at radius 3 is 1.96 bits per heavy atom. The molecule has 166 valence electrons. The minimum absolute atomic E-state index is 0.154. The Morgan fingerprint density at radius 1 is 0.821 bits per heavy atom. The van der Waals surface area contributed by atoms with Gasteiger partial charge in [-0.25, -0.2) is 0 Å². The van der Waals surface area contributed by atoms with E-state index >= 15 is 0 Å². The molecule has 2 aliphatic heterocycles. The van der Waals surface area contributed by atoms with E-state index in [2.05, 4.69) is 5.43 Å². The first kappa shape index (κ1) is 23.7. The van der Waals surface area contributed by atoms with E-state index in [1.54, 1.807) is 0 Å². The van der Waals surface area contributed by atoms with Gasteiger partial charge >= 0.3 is 0 Å². The molecule has 11 atom stereocenters. The summed E-state index contributed by atoms with van der Waals surface area (Å²) in [6.07, 6.45) is -15.2. The first-order chi connectivity index (χ1) is 13.2. The topological polar surface area (TPSA) is 215 Å². The standard InChI is InChI=1S/C14H28N2O12/c1-16(24)15-4-25-13-11(23)12(8(20)6(3-18)26-13)28-14-10(22)9(21)7(19)5(2-17)27-14/h5-15,17-24H,2-4H2,1H3/p+1. The summed E-state index contributed by atoms with van der Waals surface area (Å²) in [7, 11) is 1.35. The summed E-state index contributed by atoms with van der Waals surface area (Å²) in [5.41, 5.74) is 2.42. The molecule has 2 aliphatic rings. The molecule has 10 N–H and O–H groups in total. The summed E-state index contributed by atoms with van der Waals surface area (Å²) in [4.78, 5) is 0. The lowest BCUT2D eigenvalue weighted by atomic mass is 9.97. The normalized spacial score (nSPS) is 45.8. The second-order valence-corrected chi connectivity index (χ2v) is 6.58. The zero-order valence-electron chi connectivity index (χ0n) is 15.1. The number of aliphatic hydroxyl groups is 7. The van der Waals surface area contributed by atoms with Crippen molar-refractivity contribution >= 4 is 0 Å². The molecule has 14 nitrogen and oxygen atoms in total. The average Bonchev–Trinajstić information content (AvgIpc) is 2.66. The van der Waals surface area contributed by atoms with Crippen LogP contribution < -0.4 is 10.6 Å². The molecular weight excluding hydrogens is 388 g/mol. The summed E-state index contributed by atoms with van der Waals surface area (Å²) < 4.78 is 21.1. The van der Waals surface area contributed by atoms with Gasteiger partial charge in [0.05, 0.1) is 13.2 Å². The van der Waals surface area contributed by atoms with Crippen molar-refractivity contribution in [3.63, 3.8) is 0 Å². The molecule has 28 heavy (non-hydrogen) atoms. The maximum absolute atomic E-state index is 10.4. The van der Waals surface area contributed by atoms with Gasteiger partial charge in [0.25, 0.3) is 0 Å². The van der Waals surface area contributed by atoms with Crippen LogP contribution in [0.1, 0.15) is 0 Å². The zero-order valence-corrected chi connectivity index (χ0v) is 15.1. The highest BCUT2D eigenvalue weighted by Crippen LogP contribution is 2.29. The fourth-order valence-corrected chi connectivity index (χ4v) is 2.91. The lowest BCUT2D eigenvalue weighted by Crippen LogP contribution is -3.13. The van der Waals surface area contributed by atoms with E-state index in [4.69, 9.17) is 24.2 Å². The number of nitrogens with one attached hydrogen (secondary N) is 2. The molecule has 2 heterocycles. The molecule has 0 aromatic rings. The van der Waals surface area contributed by atoms with Gasteiger partial charge in [0.15, 0.2) is 12.6 Å². The van der Waals surface area contributed by atoms with Crippen LogP contribution in [0.15, 0.2) is 0 Å². The number of rotatable bonds is 8. The second-order valence-electron chi connectivity index (χ2n) is 6.58. The van der Waals surface area contributed by atoms with Gasteiger partial charge in [-0.15, -0.1) is 10.6 Å². The van der Waals surface area contributed by atoms with Crippen LogP contribution >= 0.6 is 0 Å². The molecule has 2 fully saturated rings. The highest BCUT2D eigenvalue weighted by Gasteiger charge is 2.50. The van der Waals surface area contributed by atoms with Crippen molar-refractivity contribution < 1.29 is 65.1 Å². The summed E-state index contributed by atoms with van der Waals surface area (Å²) in [6, 6.07) is 0. The molecule has 0 aliphatic carbocycles. The largest absolute Gasteiger partial charge is 0.394 e. The van der Waals surface area contributed by atoms with E-state index in [-0.39, 0.29) is 11.9 Å². The molecule has 0 aromatic heterocycles. The Bertz CT molecular complexity index is 472. The Hall–Kier alpha value is -0.560. The number of quaternary nitrogens is 1. The predicted molar refractivity (Wildman–Crippen MR) is 84.2 cm³/mol. The third-order valence-corrected chi connectivity index (χ3v) is 4.54. The van der Waals surface area contributed by atoms with Crippen LogP contribution in [0.2, 0.25) is 0 Å². The quantitative estimate of drug-likeness (QED) is 0.131. The molecule has 0 radical (unpaired) electrons. The fraction of sp³-hybridized carbons (Fsp3) is 1.00. The smallest absolute Gasteiger partial charge is 0.188 e. The third kappa shape index (κ3) is 5.32. The van der Waals surface area contributed by atoms with E-state index in [9.17, 15) is 35.7 Å². The first-order valence-electron chi connectivity index (χ1n) is 8.67. The van der Waals surface area contributed by atoms with Crippen molar-refractivity contribution in [1.29, 1.82) is 0 Å². The van der Waals surface area contributed by atoms with Crippen molar-refractivity contribution in [3.8, 4) is 0 Å². The third-order valence-electron chi connectivity index (χ3n) is 4.54. The van der Waals surface area contributed by atoms with Crippen molar-refractivity contribution in [2.45, 2.75) is 61.4 Å². The van der Waals surface area contributed by atoms with Gasteiger partial charge in [0, 0.05) is 0 Å². The lowest BCUT2D eigenvalue weighted by molar-refractivity contribution is -1.11. The maximum Gasteiger partial charge on any atom is 0.188 e. The summed E-state index contributed by atoms with van der Waals surface area (Å²) in [6.45, 7) is -1.61. The van der Waals surface area contributed by atoms with Crippen molar-refractivity contribution in [3.05, 3.63) is 0 Å². The van der Waals surface area contributed by atoms with Gasteiger partial charge in [-0.1, -0.05) is 0 Å². The highest BCUT2D eigenvalue weighted by atomic mass is 16.7. The molecule has 0 saturated carbocycles. The molecular formula is C14H29N2O12+. The number of ether oxygens (including phenoxy) is 4. The molecule has 2 rings (SSSR count). The second kappa shape index (κ2) is 10.5. The number of aliphatic hydroxyl groups excluding tert-OH is 7. The van der Waals surface area contributed by atoms with Crippen LogP contribution in [0.4, 0.5) is 0 Å².